The highest BCUT2D eigenvalue weighted by molar-refractivity contribution is 6.31. The third kappa shape index (κ3) is 2.20. The van der Waals surface area contributed by atoms with Crippen LogP contribution >= 0.6 is 11.6 Å². The van der Waals surface area contributed by atoms with Crippen molar-refractivity contribution in [3.05, 3.63) is 52.6 Å². The van der Waals surface area contributed by atoms with E-state index in [1.807, 2.05) is 6.07 Å². The molecule has 0 aliphatic rings. The van der Waals surface area contributed by atoms with E-state index in [4.69, 9.17) is 17.3 Å². The first-order valence-corrected chi connectivity index (χ1v) is 5.64. The van der Waals surface area contributed by atoms with E-state index in [9.17, 15) is 5.11 Å². The van der Waals surface area contributed by atoms with E-state index in [2.05, 4.69) is 9.97 Å². The average Bonchev–Trinajstić information content (AvgIpc) is 2.83. The summed E-state index contributed by atoms with van der Waals surface area (Å²) >= 11 is 6.11. The minimum atomic E-state index is -1.26. The Labute approximate surface area is 104 Å². The zero-order valence-corrected chi connectivity index (χ0v) is 10.2. The fourth-order valence-electron chi connectivity index (χ4n) is 1.73. The van der Waals surface area contributed by atoms with Crippen LogP contribution in [0.1, 0.15) is 23.9 Å². The minimum absolute atomic E-state index is 0.401. The van der Waals surface area contributed by atoms with Crippen molar-refractivity contribution in [2.24, 2.45) is 5.73 Å². The molecule has 17 heavy (non-hydrogen) atoms. The van der Waals surface area contributed by atoms with Gasteiger partial charge in [-0.15, -0.1) is 0 Å². The summed E-state index contributed by atoms with van der Waals surface area (Å²) in [5.74, 6) is 0.452. The molecule has 0 bridgehead atoms. The first-order valence-electron chi connectivity index (χ1n) is 5.27. The number of hydrogen-bond donors (Lipinski definition) is 3. The summed E-state index contributed by atoms with van der Waals surface area (Å²) in [6.45, 7) is 2.05. The van der Waals surface area contributed by atoms with Crippen LogP contribution in [-0.2, 0) is 12.1 Å². The van der Waals surface area contributed by atoms with E-state index in [-0.39, 0.29) is 0 Å². The Hall–Kier alpha value is -1.36. The van der Waals surface area contributed by atoms with Gasteiger partial charge < -0.3 is 15.8 Å². The van der Waals surface area contributed by atoms with Gasteiger partial charge in [-0.25, -0.2) is 4.98 Å². The Balaban J connectivity index is 2.52. The zero-order chi connectivity index (χ0) is 12.5. The topological polar surface area (TPSA) is 74.9 Å². The third-order valence-corrected chi connectivity index (χ3v) is 3.08. The van der Waals surface area contributed by atoms with Gasteiger partial charge in [0, 0.05) is 29.5 Å². The van der Waals surface area contributed by atoms with Crippen LogP contribution in [0.5, 0.6) is 0 Å². The lowest BCUT2D eigenvalue weighted by Crippen LogP contribution is -2.25. The maximum Gasteiger partial charge on any atom is 0.146 e. The molecule has 0 aliphatic heterocycles. The zero-order valence-electron chi connectivity index (χ0n) is 9.44. The van der Waals surface area contributed by atoms with Crippen molar-refractivity contribution in [2.45, 2.75) is 19.1 Å². The second kappa shape index (κ2) is 4.49. The first kappa shape index (κ1) is 12.1. The van der Waals surface area contributed by atoms with Crippen molar-refractivity contribution in [3.8, 4) is 0 Å². The number of aliphatic hydroxyl groups is 1. The molecule has 2 rings (SSSR count). The number of benzene rings is 1. The van der Waals surface area contributed by atoms with Gasteiger partial charge in [0.1, 0.15) is 11.4 Å². The number of nitrogens with two attached hydrogens (primary N) is 1. The Morgan fingerprint density at radius 3 is 2.88 bits per heavy atom. The second-order valence-electron chi connectivity index (χ2n) is 4.03. The van der Waals surface area contributed by atoms with Gasteiger partial charge in [-0.3, -0.25) is 0 Å². The molecule has 5 heteroatoms. The van der Waals surface area contributed by atoms with Crippen LogP contribution in [0.3, 0.4) is 0 Å². The number of nitrogens with one attached hydrogen (secondary N) is 1. The van der Waals surface area contributed by atoms with Crippen LogP contribution < -0.4 is 5.73 Å². The van der Waals surface area contributed by atoms with Crippen molar-refractivity contribution in [2.75, 3.05) is 0 Å². The lowest BCUT2D eigenvalue weighted by atomic mass is 9.93. The van der Waals surface area contributed by atoms with Gasteiger partial charge >= 0.3 is 0 Å². The molecule has 0 saturated carbocycles. The van der Waals surface area contributed by atoms with Gasteiger partial charge in [-0.1, -0.05) is 17.7 Å². The number of H-pyrrole nitrogens is 1. The molecule has 0 saturated heterocycles. The smallest absolute Gasteiger partial charge is 0.146 e. The van der Waals surface area contributed by atoms with E-state index in [0.717, 1.165) is 5.56 Å². The van der Waals surface area contributed by atoms with Gasteiger partial charge in [0.2, 0.25) is 0 Å². The Morgan fingerprint density at radius 1 is 1.53 bits per heavy atom. The third-order valence-electron chi connectivity index (χ3n) is 2.75. The largest absolute Gasteiger partial charge is 0.377 e. The molecule has 1 unspecified atom stereocenters. The molecule has 4 nitrogen and oxygen atoms in total. The molecule has 0 aliphatic carbocycles. The number of aromatic amines is 1. The Bertz CT molecular complexity index is 508. The van der Waals surface area contributed by atoms with Crippen LogP contribution in [0.4, 0.5) is 0 Å². The molecule has 0 radical (unpaired) electrons. The average molecular weight is 252 g/mol. The maximum absolute atomic E-state index is 10.5. The molecular formula is C12H14ClN3O. The quantitative estimate of drug-likeness (QED) is 0.778. The van der Waals surface area contributed by atoms with E-state index in [1.165, 1.54) is 0 Å². The van der Waals surface area contributed by atoms with Crippen molar-refractivity contribution in [1.29, 1.82) is 0 Å². The van der Waals surface area contributed by atoms with Crippen LogP contribution in [-0.4, -0.2) is 15.1 Å². The van der Waals surface area contributed by atoms with Gasteiger partial charge in [0.15, 0.2) is 0 Å². The van der Waals surface area contributed by atoms with Crippen molar-refractivity contribution >= 4 is 11.6 Å². The fourth-order valence-corrected chi connectivity index (χ4v) is 2.03. The maximum atomic E-state index is 10.5. The molecular weight excluding hydrogens is 238 g/mol. The van der Waals surface area contributed by atoms with Crippen LogP contribution in [0.2, 0.25) is 5.02 Å². The van der Waals surface area contributed by atoms with Crippen LogP contribution in [0.15, 0.2) is 30.6 Å². The van der Waals surface area contributed by atoms with Crippen molar-refractivity contribution < 1.29 is 5.11 Å². The van der Waals surface area contributed by atoms with E-state index in [0.29, 0.717) is 23.0 Å². The molecule has 4 N–H and O–H groups in total. The monoisotopic (exact) mass is 251 g/mol. The first-order chi connectivity index (χ1) is 8.05. The summed E-state index contributed by atoms with van der Waals surface area (Å²) in [7, 11) is 0. The van der Waals surface area contributed by atoms with Crippen molar-refractivity contribution in [3.63, 3.8) is 0 Å². The fraction of sp³-hybridized carbons (Fsp3) is 0.250. The summed E-state index contributed by atoms with van der Waals surface area (Å²) in [5.41, 5.74) is 5.83. The molecule has 90 valence electrons. The molecule has 1 heterocycles. The van der Waals surface area contributed by atoms with E-state index in [1.54, 1.807) is 31.5 Å². The Kier molecular flexibility index (Phi) is 3.19. The molecule has 1 atom stereocenters. The second-order valence-corrected chi connectivity index (χ2v) is 4.44. The normalized spacial score (nSPS) is 14.6. The standard InChI is InChI=1S/C12H14ClN3O/c1-12(17,11-15-4-5-16-11)9-6-8(7-14)2-3-10(9)13/h2-6,17H,7,14H2,1H3,(H,15,16). The van der Waals surface area contributed by atoms with Gasteiger partial charge in [0.05, 0.1) is 0 Å². The summed E-state index contributed by atoms with van der Waals surface area (Å²) < 4.78 is 0. The summed E-state index contributed by atoms with van der Waals surface area (Å²) in [6.07, 6.45) is 3.25. The lowest BCUT2D eigenvalue weighted by molar-refractivity contribution is 0.0932. The highest BCUT2D eigenvalue weighted by Gasteiger charge is 2.30. The summed E-state index contributed by atoms with van der Waals surface area (Å²) in [6, 6.07) is 5.37. The summed E-state index contributed by atoms with van der Waals surface area (Å²) in [5, 5.41) is 11.0. The predicted molar refractivity (Wildman–Crippen MR) is 66.6 cm³/mol. The van der Waals surface area contributed by atoms with Crippen molar-refractivity contribution in [1.82, 2.24) is 9.97 Å². The highest BCUT2D eigenvalue weighted by atomic mass is 35.5. The Morgan fingerprint density at radius 2 is 2.29 bits per heavy atom. The van der Waals surface area contributed by atoms with Gasteiger partial charge in [0.25, 0.3) is 0 Å². The molecule has 0 amide bonds. The number of hydrogen-bond acceptors (Lipinski definition) is 3. The number of aromatic nitrogens is 2. The highest BCUT2D eigenvalue weighted by Crippen LogP contribution is 2.32. The van der Waals surface area contributed by atoms with E-state index >= 15 is 0 Å². The molecule has 0 fully saturated rings. The van der Waals surface area contributed by atoms with Gasteiger partial charge in [-0.05, 0) is 24.6 Å². The lowest BCUT2D eigenvalue weighted by Gasteiger charge is -2.23. The number of rotatable bonds is 3. The van der Waals surface area contributed by atoms with Crippen LogP contribution in [0.25, 0.3) is 0 Å². The molecule has 1 aromatic heterocycles. The molecule has 0 spiro atoms. The molecule has 1 aromatic carbocycles. The van der Waals surface area contributed by atoms with Crippen LogP contribution in [0, 0.1) is 0 Å². The SMILES string of the molecule is CC(O)(c1ncc[nH]1)c1cc(CN)ccc1Cl. The number of nitrogens with zero attached hydrogens (tertiary/aromatic N) is 1. The number of halogens is 1. The summed E-state index contributed by atoms with van der Waals surface area (Å²) in [4.78, 5) is 6.96. The number of imidazole rings is 1. The van der Waals surface area contributed by atoms with E-state index < -0.39 is 5.60 Å². The van der Waals surface area contributed by atoms with Gasteiger partial charge in [-0.2, -0.15) is 0 Å². The molecule has 2 aromatic rings. The minimum Gasteiger partial charge on any atom is -0.377 e. The predicted octanol–water partition coefficient (Wildman–Crippen LogP) is 1.78.